The van der Waals surface area contributed by atoms with Crippen molar-refractivity contribution in [3.8, 4) is 17.1 Å². The quantitative estimate of drug-likeness (QED) is 0.294. The van der Waals surface area contributed by atoms with E-state index in [0.717, 1.165) is 28.1 Å². The maximum absolute atomic E-state index is 13.5. The van der Waals surface area contributed by atoms with Gasteiger partial charge in [0.2, 0.25) is 0 Å². The molecule has 0 saturated heterocycles. The third-order valence-electron chi connectivity index (χ3n) is 6.41. The standard InChI is InChI=1S/C31H25N3O2/c35-31-27-11-5-7-13-29(27)33-30(34(31)19-18-25-20-24-10-4-6-12-28(24)32-25)23-14-16-26(17-15-23)36-21-22-8-2-1-3-9-22/h1-17,20,32H,18-19,21H2. The average Bonchev–Trinajstić information content (AvgIpc) is 3.35. The van der Waals surface area contributed by atoms with Crippen molar-refractivity contribution < 1.29 is 4.74 Å². The maximum atomic E-state index is 13.5. The van der Waals surface area contributed by atoms with Gasteiger partial charge in [0.1, 0.15) is 18.2 Å². The molecule has 0 fully saturated rings. The van der Waals surface area contributed by atoms with E-state index in [4.69, 9.17) is 9.72 Å². The van der Waals surface area contributed by atoms with E-state index < -0.39 is 0 Å². The molecule has 0 aliphatic heterocycles. The summed E-state index contributed by atoms with van der Waals surface area (Å²) in [6.45, 7) is 1.02. The Morgan fingerprint density at radius 3 is 2.39 bits per heavy atom. The number of benzene rings is 4. The van der Waals surface area contributed by atoms with Crippen LogP contribution in [0.4, 0.5) is 0 Å². The molecular weight excluding hydrogens is 446 g/mol. The highest BCUT2D eigenvalue weighted by Crippen LogP contribution is 2.23. The van der Waals surface area contributed by atoms with Crippen molar-refractivity contribution in [3.63, 3.8) is 0 Å². The predicted octanol–water partition coefficient (Wildman–Crippen LogP) is 6.37. The molecule has 5 heteroatoms. The summed E-state index contributed by atoms with van der Waals surface area (Å²) in [5, 5.41) is 1.79. The summed E-state index contributed by atoms with van der Waals surface area (Å²) in [6, 6.07) is 35.8. The van der Waals surface area contributed by atoms with Crippen molar-refractivity contribution in [1.82, 2.24) is 14.5 Å². The molecule has 176 valence electrons. The lowest BCUT2D eigenvalue weighted by molar-refractivity contribution is 0.306. The zero-order valence-electron chi connectivity index (χ0n) is 19.7. The number of aromatic nitrogens is 3. The van der Waals surface area contributed by atoms with Crippen LogP contribution >= 0.6 is 0 Å². The zero-order valence-corrected chi connectivity index (χ0v) is 19.7. The summed E-state index contributed by atoms with van der Waals surface area (Å²) in [7, 11) is 0. The molecule has 0 bridgehead atoms. The van der Waals surface area contributed by atoms with Crippen molar-refractivity contribution in [2.24, 2.45) is 0 Å². The number of aryl methyl sites for hydroxylation is 1. The molecule has 6 rings (SSSR count). The van der Waals surface area contributed by atoms with Gasteiger partial charge in [0.05, 0.1) is 10.9 Å². The van der Waals surface area contributed by atoms with E-state index in [1.807, 2.05) is 91.0 Å². The van der Waals surface area contributed by atoms with E-state index in [0.29, 0.717) is 36.3 Å². The topological polar surface area (TPSA) is 59.9 Å². The van der Waals surface area contributed by atoms with Crippen LogP contribution in [0.5, 0.6) is 5.75 Å². The number of ether oxygens (including phenoxy) is 1. The summed E-state index contributed by atoms with van der Waals surface area (Å²) < 4.78 is 7.73. The number of rotatable bonds is 7. The molecule has 0 spiro atoms. The second-order valence-corrected chi connectivity index (χ2v) is 8.84. The Labute approximate surface area is 208 Å². The Kier molecular flexibility index (Phi) is 5.80. The van der Waals surface area contributed by atoms with Crippen LogP contribution in [0.2, 0.25) is 0 Å². The molecule has 36 heavy (non-hydrogen) atoms. The predicted molar refractivity (Wildman–Crippen MR) is 144 cm³/mol. The van der Waals surface area contributed by atoms with E-state index in [1.54, 1.807) is 4.57 Å². The molecule has 0 radical (unpaired) electrons. The zero-order chi connectivity index (χ0) is 24.3. The van der Waals surface area contributed by atoms with Crippen molar-refractivity contribution in [1.29, 1.82) is 0 Å². The molecule has 0 unspecified atom stereocenters. The van der Waals surface area contributed by atoms with Crippen LogP contribution < -0.4 is 10.3 Å². The highest BCUT2D eigenvalue weighted by Gasteiger charge is 2.14. The lowest BCUT2D eigenvalue weighted by Gasteiger charge is -2.14. The highest BCUT2D eigenvalue weighted by atomic mass is 16.5. The molecule has 2 aromatic heterocycles. The van der Waals surface area contributed by atoms with Gasteiger partial charge in [-0.2, -0.15) is 0 Å². The first-order chi connectivity index (χ1) is 17.7. The Balaban J connectivity index is 1.32. The highest BCUT2D eigenvalue weighted by molar-refractivity contribution is 5.81. The fourth-order valence-electron chi connectivity index (χ4n) is 4.54. The Hall–Kier alpha value is -4.64. The number of fused-ring (bicyclic) bond motifs is 2. The third kappa shape index (κ3) is 4.39. The molecular formula is C31H25N3O2. The van der Waals surface area contributed by atoms with Crippen LogP contribution in [0.3, 0.4) is 0 Å². The number of H-pyrrole nitrogens is 1. The Morgan fingerprint density at radius 1 is 0.806 bits per heavy atom. The second-order valence-electron chi connectivity index (χ2n) is 8.84. The van der Waals surface area contributed by atoms with Gasteiger partial charge in [0, 0.05) is 29.7 Å². The van der Waals surface area contributed by atoms with Crippen molar-refractivity contribution >= 4 is 21.8 Å². The van der Waals surface area contributed by atoms with E-state index in [9.17, 15) is 4.79 Å². The summed E-state index contributed by atoms with van der Waals surface area (Å²) in [6.07, 6.45) is 0.694. The number of hydrogen-bond acceptors (Lipinski definition) is 3. The third-order valence-corrected chi connectivity index (χ3v) is 6.41. The smallest absolute Gasteiger partial charge is 0.261 e. The maximum Gasteiger partial charge on any atom is 0.261 e. The van der Waals surface area contributed by atoms with Crippen molar-refractivity contribution in [3.05, 3.63) is 131 Å². The molecule has 4 aromatic carbocycles. The number of nitrogens with zero attached hydrogens (tertiary/aromatic N) is 2. The molecule has 0 saturated carbocycles. The lowest BCUT2D eigenvalue weighted by atomic mass is 10.1. The minimum Gasteiger partial charge on any atom is -0.489 e. The van der Waals surface area contributed by atoms with E-state index in [2.05, 4.69) is 23.2 Å². The van der Waals surface area contributed by atoms with Gasteiger partial charge < -0.3 is 9.72 Å². The van der Waals surface area contributed by atoms with Gasteiger partial charge in [-0.05, 0) is 59.5 Å². The molecule has 0 atom stereocenters. The summed E-state index contributed by atoms with van der Waals surface area (Å²) >= 11 is 0. The molecule has 6 aromatic rings. The summed E-state index contributed by atoms with van der Waals surface area (Å²) in [5.41, 5.74) is 4.85. The van der Waals surface area contributed by atoms with E-state index in [-0.39, 0.29) is 5.56 Å². The molecule has 2 heterocycles. The Bertz CT molecular complexity index is 1670. The van der Waals surface area contributed by atoms with E-state index >= 15 is 0 Å². The normalized spacial score (nSPS) is 11.2. The molecule has 5 nitrogen and oxygen atoms in total. The molecule has 0 aliphatic rings. The van der Waals surface area contributed by atoms with Crippen LogP contribution in [0, 0.1) is 0 Å². The second kappa shape index (κ2) is 9.55. The molecule has 0 amide bonds. The molecule has 1 N–H and O–H groups in total. The van der Waals surface area contributed by atoms with Crippen LogP contribution in [0.1, 0.15) is 11.3 Å². The lowest BCUT2D eigenvalue weighted by Crippen LogP contribution is -2.24. The van der Waals surface area contributed by atoms with Gasteiger partial charge in [-0.25, -0.2) is 4.98 Å². The minimum atomic E-state index is -0.0314. The molecule has 0 aliphatic carbocycles. The number of hydrogen-bond donors (Lipinski definition) is 1. The van der Waals surface area contributed by atoms with Crippen molar-refractivity contribution in [2.75, 3.05) is 0 Å². The van der Waals surface area contributed by atoms with E-state index in [1.165, 1.54) is 5.39 Å². The van der Waals surface area contributed by atoms with Crippen LogP contribution in [-0.2, 0) is 19.6 Å². The first-order valence-corrected chi connectivity index (χ1v) is 12.1. The van der Waals surface area contributed by atoms with Gasteiger partial charge >= 0.3 is 0 Å². The average molecular weight is 472 g/mol. The first-order valence-electron chi connectivity index (χ1n) is 12.1. The SMILES string of the molecule is O=c1c2ccccc2nc(-c2ccc(OCc3ccccc3)cc2)n1CCc1cc2ccccc2[nH]1. The number of nitrogens with one attached hydrogen (secondary N) is 1. The first kappa shape index (κ1) is 21.9. The van der Waals surface area contributed by atoms with Gasteiger partial charge in [-0.15, -0.1) is 0 Å². The van der Waals surface area contributed by atoms with Crippen LogP contribution in [0.15, 0.2) is 114 Å². The fourth-order valence-corrected chi connectivity index (χ4v) is 4.54. The van der Waals surface area contributed by atoms with Gasteiger partial charge in [-0.1, -0.05) is 60.7 Å². The van der Waals surface area contributed by atoms with Crippen molar-refractivity contribution in [2.45, 2.75) is 19.6 Å². The minimum absolute atomic E-state index is 0.0314. The van der Waals surface area contributed by atoms with Crippen LogP contribution in [0.25, 0.3) is 33.2 Å². The Morgan fingerprint density at radius 2 is 1.56 bits per heavy atom. The van der Waals surface area contributed by atoms with Gasteiger partial charge in [-0.3, -0.25) is 9.36 Å². The monoisotopic (exact) mass is 471 g/mol. The number of para-hydroxylation sites is 2. The van der Waals surface area contributed by atoms with Crippen LogP contribution in [-0.4, -0.2) is 14.5 Å². The number of aromatic amines is 1. The largest absolute Gasteiger partial charge is 0.489 e. The summed E-state index contributed by atoms with van der Waals surface area (Å²) in [5.74, 6) is 1.43. The van der Waals surface area contributed by atoms with Gasteiger partial charge in [0.25, 0.3) is 5.56 Å². The van der Waals surface area contributed by atoms with Gasteiger partial charge in [0.15, 0.2) is 0 Å². The fraction of sp³-hybridized carbons (Fsp3) is 0.0968. The summed E-state index contributed by atoms with van der Waals surface area (Å²) in [4.78, 5) is 21.9.